The molecule has 2 rings (SSSR count). The Balaban J connectivity index is 1.97. The molecule has 2 aromatic carbocycles. The van der Waals surface area contributed by atoms with E-state index in [4.69, 9.17) is 0 Å². The van der Waals surface area contributed by atoms with Crippen molar-refractivity contribution in [2.75, 3.05) is 6.54 Å². The number of halogens is 1. The van der Waals surface area contributed by atoms with Crippen molar-refractivity contribution < 1.29 is 4.39 Å². The summed E-state index contributed by atoms with van der Waals surface area (Å²) in [6, 6.07) is 15.8. The Kier molecular flexibility index (Phi) is 5.94. The van der Waals surface area contributed by atoms with E-state index in [9.17, 15) is 4.39 Å². The van der Waals surface area contributed by atoms with Crippen LogP contribution in [0.15, 0.2) is 48.5 Å². The van der Waals surface area contributed by atoms with Gasteiger partial charge in [-0.05, 0) is 61.6 Å². The summed E-state index contributed by atoms with van der Waals surface area (Å²) in [4.78, 5) is 0. The highest BCUT2D eigenvalue weighted by Crippen LogP contribution is 2.14. The van der Waals surface area contributed by atoms with E-state index in [2.05, 4.69) is 43.4 Å². The van der Waals surface area contributed by atoms with Gasteiger partial charge in [-0.25, -0.2) is 4.39 Å². The van der Waals surface area contributed by atoms with Crippen LogP contribution in [0.25, 0.3) is 0 Å². The van der Waals surface area contributed by atoms with Crippen molar-refractivity contribution in [3.63, 3.8) is 0 Å². The number of hydrogen-bond acceptors (Lipinski definition) is 1. The van der Waals surface area contributed by atoms with Gasteiger partial charge in [0.15, 0.2) is 0 Å². The standard InChI is InChI=1S/C19H24FN/c1-3-21-19(14-16-8-6-10-18(20)13-16)12-11-17-9-5-4-7-15(17)2/h4-10,13,19,21H,3,11-12,14H2,1-2H3. The molecule has 0 heterocycles. The lowest BCUT2D eigenvalue weighted by Crippen LogP contribution is -2.31. The Morgan fingerprint density at radius 3 is 2.62 bits per heavy atom. The molecular weight excluding hydrogens is 261 g/mol. The largest absolute Gasteiger partial charge is 0.314 e. The van der Waals surface area contributed by atoms with Crippen molar-refractivity contribution in [3.05, 3.63) is 71.0 Å². The molecule has 112 valence electrons. The minimum atomic E-state index is -0.151. The number of nitrogens with one attached hydrogen (secondary N) is 1. The zero-order valence-corrected chi connectivity index (χ0v) is 12.9. The van der Waals surface area contributed by atoms with Gasteiger partial charge >= 0.3 is 0 Å². The van der Waals surface area contributed by atoms with E-state index >= 15 is 0 Å². The van der Waals surface area contributed by atoms with Gasteiger partial charge in [-0.1, -0.05) is 43.3 Å². The number of aryl methyl sites for hydroxylation is 2. The predicted molar refractivity (Wildman–Crippen MR) is 87.1 cm³/mol. The van der Waals surface area contributed by atoms with Crippen LogP contribution in [0.5, 0.6) is 0 Å². The molecule has 0 saturated carbocycles. The maximum absolute atomic E-state index is 13.3. The van der Waals surface area contributed by atoms with Crippen LogP contribution < -0.4 is 5.32 Å². The Morgan fingerprint density at radius 2 is 1.90 bits per heavy atom. The Labute approximate surface area is 127 Å². The summed E-state index contributed by atoms with van der Waals surface area (Å²) in [5.41, 5.74) is 3.81. The molecule has 0 spiro atoms. The molecule has 0 bridgehead atoms. The van der Waals surface area contributed by atoms with E-state index in [0.717, 1.165) is 31.4 Å². The topological polar surface area (TPSA) is 12.0 Å². The molecule has 0 aliphatic heterocycles. The normalized spacial score (nSPS) is 12.3. The maximum atomic E-state index is 13.3. The minimum absolute atomic E-state index is 0.151. The van der Waals surface area contributed by atoms with E-state index in [1.165, 1.54) is 17.2 Å². The van der Waals surface area contributed by atoms with Crippen molar-refractivity contribution in [1.29, 1.82) is 0 Å². The molecular formula is C19H24FN. The number of rotatable bonds is 7. The third kappa shape index (κ3) is 4.98. The molecule has 1 unspecified atom stereocenters. The molecule has 0 aromatic heterocycles. The molecule has 0 fully saturated rings. The second-order valence-corrected chi connectivity index (χ2v) is 5.55. The van der Waals surface area contributed by atoms with Crippen LogP contribution in [0.3, 0.4) is 0 Å². The first-order chi connectivity index (χ1) is 10.2. The Hall–Kier alpha value is -1.67. The molecule has 2 heteroatoms. The highest BCUT2D eigenvalue weighted by Gasteiger charge is 2.10. The van der Waals surface area contributed by atoms with Gasteiger partial charge in [-0.15, -0.1) is 0 Å². The van der Waals surface area contributed by atoms with Crippen molar-refractivity contribution in [1.82, 2.24) is 5.32 Å². The molecule has 0 amide bonds. The number of likely N-dealkylation sites (N-methyl/N-ethyl adjacent to an activating group) is 1. The van der Waals surface area contributed by atoms with E-state index in [-0.39, 0.29) is 5.82 Å². The quantitative estimate of drug-likeness (QED) is 0.800. The van der Waals surface area contributed by atoms with E-state index in [1.807, 2.05) is 6.07 Å². The fraction of sp³-hybridized carbons (Fsp3) is 0.368. The second-order valence-electron chi connectivity index (χ2n) is 5.55. The Morgan fingerprint density at radius 1 is 1.10 bits per heavy atom. The molecule has 1 nitrogen and oxygen atoms in total. The zero-order chi connectivity index (χ0) is 15.1. The molecule has 1 atom stereocenters. The SMILES string of the molecule is CCNC(CCc1ccccc1C)Cc1cccc(F)c1. The smallest absolute Gasteiger partial charge is 0.123 e. The first-order valence-corrected chi connectivity index (χ1v) is 7.71. The summed E-state index contributed by atoms with van der Waals surface area (Å²) >= 11 is 0. The third-order valence-electron chi connectivity index (χ3n) is 3.89. The van der Waals surface area contributed by atoms with Gasteiger partial charge in [-0.2, -0.15) is 0 Å². The van der Waals surface area contributed by atoms with Crippen LogP contribution in [0.2, 0.25) is 0 Å². The summed E-state index contributed by atoms with van der Waals surface area (Å²) in [5, 5.41) is 3.52. The third-order valence-corrected chi connectivity index (χ3v) is 3.89. The monoisotopic (exact) mass is 285 g/mol. The van der Waals surface area contributed by atoms with Gasteiger partial charge in [0.1, 0.15) is 5.82 Å². The first kappa shape index (κ1) is 15.7. The first-order valence-electron chi connectivity index (χ1n) is 7.71. The van der Waals surface area contributed by atoms with Gasteiger partial charge < -0.3 is 5.32 Å². The van der Waals surface area contributed by atoms with Crippen LogP contribution >= 0.6 is 0 Å². The van der Waals surface area contributed by atoms with Gasteiger partial charge in [0.2, 0.25) is 0 Å². The average molecular weight is 285 g/mol. The van der Waals surface area contributed by atoms with Gasteiger partial charge in [-0.3, -0.25) is 0 Å². The number of benzene rings is 2. The minimum Gasteiger partial charge on any atom is -0.314 e. The predicted octanol–water partition coefficient (Wildman–Crippen LogP) is 4.29. The van der Waals surface area contributed by atoms with Crippen molar-refractivity contribution in [2.45, 2.75) is 39.2 Å². The molecule has 0 saturated heterocycles. The fourth-order valence-electron chi connectivity index (χ4n) is 2.73. The van der Waals surface area contributed by atoms with Crippen molar-refractivity contribution in [3.8, 4) is 0 Å². The second kappa shape index (κ2) is 7.94. The molecule has 0 radical (unpaired) electrons. The molecule has 1 N–H and O–H groups in total. The lowest BCUT2D eigenvalue weighted by Gasteiger charge is -2.18. The van der Waals surface area contributed by atoms with E-state index < -0.39 is 0 Å². The number of hydrogen-bond donors (Lipinski definition) is 1. The van der Waals surface area contributed by atoms with Crippen LogP contribution in [0, 0.1) is 12.7 Å². The van der Waals surface area contributed by atoms with E-state index in [0.29, 0.717) is 6.04 Å². The summed E-state index contributed by atoms with van der Waals surface area (Å²) in [6.07, 6.45) is 2.99. The highest BCUT2D eigenvalue weighted by molar-refractivity contribution is 5.26. The maximum Gasteiger partial charge on any atom is 0.123 e. The van der Waals surface area contributed by atoms with Gasteiger partial charge in [0, 0.05) is 6.04 Å². The summed E-state index contributed by atoms with van der Waals surface area (Å²) in [5.74, 6) is -0.151. The highest BCUT2D eigenvalue weighted by atomic mass is 19.1. The lowest BCUT2D eigenvalue weighted by molar-refractivity contribution is 0.489. The zero-order valence-electron chi connectivity index (χ0n) is 12.9. The van der Waals surface area contributed by atoms with Crippen molar-refractivity contribution >= 4 is 0 Å². The molecule has 2 aromatic rings. The molecule has 0 aliphatic carbocycles. The van der Waals surface area contributed by atoms with Crippen molar-refractivity contribution in [2.24, 2.45) is 0 Å². The van der Waals surface area contributed by atoms with Crippen LogP contribution in [-0.4, -0.2) is 12.6 Å². The van der Waals surface area contributed by atoms with Gasteiger partial charge in [0.25, 0.3) is 0 Å². The van der Waals surface area contributed by atoms with Crippen LogP contribution in [0.4, 0.5) is 4.39 Å². The van der Waals surface area contributed by atoms with Crippen LogP contribution in [-0.2, 0) is 12.8 Å². The van der Waals surface area contributed by atoms with Crippen LogP contribution in [0.1, 0.15) is 30.0 Å². The summed E-state index contributed by atoms with van der Waals surface area (Å²) < 4.78 is 13.3. The fourth-order valence-corrected chi connectivity index (χ4v) is 2.73. The van der Waals surface area contributed by atoms with Gasteiger partial charge in [0.05, 0.1) is 0 Å². The summed E-state index contributed by atoms with van der Waals surface area (Å²) in [6.45, 7) is 5.21. The molecule has 21 heavy (non-hydrogen) atoms. The average Bonchev–Trinajstić information content (AvgIpc) is 2.46. The Bertz CT molecular complexity index is 565. The lowest BCUT2D eigenvalue weighted by atomic mass is 9.97. The van der Waals surface area contributed by atoms with E-state index in [1.54, 1.807) is 12.1 Å². The molecule has 0 aliphatic rings. The summed E-state index contributed by atoms with van der Waals surface area (Å²) in [7, 11) is 0.